The molecule has 0 spiro atoms. The van der Waals surface area contributed by atoms with Crippen LogP contribution in [0.5, 0.6) is 0 Å². The Morgan fingerprint density at radius 3 is 2.56 bits per heavy atom. The second-order valence-corrected chi connectivity index (χ2v) is 9.82. The zero-order chi connectivity index (χ0) is 25.1. The van der Waals surface area contributed by atoms with Gasteiger partial charge in [0.15, 0.2) is 4.47 Å². The lowest BCUT2D eigenvalue weighted by Gasteiger charge is -2.23. The van der Waals surface area contributed by atoms with Gasteiger partial charge in [0, 0.05) is 22.0 Å². The van der Waals surface area contributed by atoms with Crippen LogP contribution in [0.4, 0.5) is 32.2 Å². The van der Waals surface area contributed by atoms with E-state index in [1.165, 1.54) is 23.1 Å². The molecule has 6 nitrogen and oxygen atoms in total. The number of anilines is 1. The second-order valence-electron chi connectivity index (χ2n) is 6.81. The minimum atomic E-state index is -5.77. The number of nitrogens with one attached hydrogen (secondary N) is 1. The summed E-state index contributed by atoms with van der Waals surface area (Å²) in [5.41, 5.74) is -0.780. The van der Waals surface area contributed by atoms with E-state index in [9.17, 15) is 31.1 Å². The molecule has 0 saturated heterocycles. The Kier molecular flexibility index (Phi) is 8.14. The Labute approximate surface area is 202 Å². The average molecular weight is 544 g/mol. The van der Waals surface area contributed by atoms with E-state index in [0.717, 1.165) is 10.9 Å². The molecule has 3 aromatic heterocycles. The van der Waals surface area contributed by atoms with Gasteiger partial charge in [-0.1, -0.05) is 18.5 Å². The molecular formula is C19H16ClF6N5OS2. The lowest BCUT2D eigenvalue weighted by atomic mass is 10.2. The van der Waals surface area contributed by atoms with Gasteiger partial charge in [0.1, 0.15) is 11.5 Å². The molecule has 3 rings (SSSR count). The third-order valence-corrected chi connectivity index (χ3v) is 6.33. The van der Waals surface area contributed by atoms with Crippen LogP contribution in [0.3, 0.4) is 0 Å². The van der Waals surface area contributed by atoms with E-state index in [1.807, 2.05) is 6.92 Å². The zero-order valence-electron chi connectivity index (χ0n) is 17.2. The van der Waals surface area contributed by atoms with E-state index in [1.54, 1.807) is 18.3 Å². The standard InChI is InChI=1S/C19H16ClF6N5OS2/c1-2-33-12-3-4-13(27-6-10-7-28-17(20)34-10)30-15(12)11-5-14(32)31(9-29-11)8-18(22,23)16(21)19(24,25)26/h3-5,7,9,16H,2,6,8H2,1H3,(H,27,30). The molecule has 1 atom stereocenters. The maximum absolute atomic E-state index is 13.7. The van der Waals surface area contributed by atoms with Gasteiger partial charge < -0.3 is 5.32 Å². The van der Waals surface area contributed by atoms with Crippen molar-refractivity contribution in [2.75, 3.05) is 11.1 Å². The summed E-state index contributed by atoms with van der Waals surface area (Å²) >= 11 is 8.47. The van der Waals surface area contributed by atoms with Crippen molar-refractivity contribution in [3.8, 4) is 11.4 Å². The molecule has 34 heavy (non-hydrogen) atoms. The van der Waals surface area contributed by atoms with E-state index in [2.05, 4.69) is 20.3 Å². The van der Waals surface area contributed by atoms with Crippen LogP contribution in [-0.4, -0.2) is 43.5 Å². The molecule has 0 aliphatic heterocycles. The van der Waals surface area contributed by atoms with E-state index in [4.69, 9.17) is 11.6 Å². The topological polar surface area (TPSA) is 72.7 Å². The Balaban J connectivity index is 1.87. The van der Waals surface area contributed by atoms with Gasteiger partial charge >= 0.3 is 12.1 Å². The van der Waals surface area contributed by atoms with Crippen molar-refractivity contribution in [1.29, 1.82) is 0 Å². The molecular weight excluding hydrogens is 528 g/mol. The van der Waals surface area contributed by atoms with E-state index < -0.39 is 30.4 Å². The smallest absolute Gasteiger partial charge is 0.365 e. The Morgan fingerprint density at radius 2 is 1.97 bits per heavy atom. The number of rotatable bonds is 9. The average Bonchev–Trinajstić information content (AvgIpc) is 3.18. The number of hydrogen-bond donors (Lipinski definition) is 1. The molecule has 15 heteroatoms. The van der Waals surface area contributed by atoms with Crippen molar-refractivity contribution in [1.82, 2.24) is 19.5 Å². The first-order chi connectivity index (χ1) is 15.9. The lowest BCUT2D eigenvalue weighted by Crippen LogP contribution is -2.46. The second kappa shape index (κ2) is 10.5. The van der Waals surface area contributed by atoms with Crippen molar-refractivity contribution in [2.24, 2.45) is 0 Å². The summed E-state index contributed by atoms with van der Waals surface area (Å²) in [7, 11) is 0. The zero-order valence-corrected chi connectivity index (χ0v) is 19.6. The van der Waals surface area contributed by atoms with Crippen molar-refractivity contribution >= 4 is 40.5 Å². The van der Waals surface area contributed by atoms with Gasteiger partial charge in [-0.25, -0.2) is 28.1 Å². The number of pyridine rings is 1. The van der Waals surface area contributed by atoms with Crippen LogP contribution in [0, 0.1) is 0 Å². The highest BCUT2D eigenvalue weighted by molar-refractivity contribution is 7.99. The van der Waals surface area contributed by atoms with Crippen LogP contribution >= 0.6 is 34.7 Å². The van der Waals surface area contributed by atoms with Gasteiger partial charge in [0.2, 0.25) is 0 Å². The molecule has 0 amide bonds. The molecule has 184 valence electrons. The van der Waals surface area contributed by atoms with Crippen LogP contribution in [0.2, 0.25) is 4.47 Å². The number of hydrogen-bond acceptors (Lipinski definition) is 7. The van der Waals surface area contributed by atoms with E-state index in [-0.39, 0.29) is 16.0 Å². The monoisotopic (exact) mass is 543 g/mol. The normalized spacial score (nSPS) is 13.2. The van der Waals surface area contributed by atoms with Gasteiger partial charge in [-0.3, -0.25) is 9.36 Å². The molecule has 3 heterocycles. The fourth-order valence-electron chi connectivity index (χ4n) is 2.76. The van der Waals surface area contributed by atoms with Crippen molar-refractivity contribution in [2.45, 2.75) is 43.2 Å². The summed E-state index contributed by atoms with van der Waals surface area (Å²) < 4.78 is 78.4. The van der Waals surface area contributed by atoms with E-state index >= 15 is 0 Å². The summed E-state index contributed by atoms with van der Waals surface area (Å²) in [6.07, 6.45) is -7.94. The van der Waals surface area contributed by atoms with Gasteiger partial charge in [0.05, 0.1) is 25.1 Å². The lowest BCUT2D eigenvalue weighted by molar-refractivity contribution is -0.247. The van der Waals surface area contributed by atoms with Gasteiger partial charge in [-0.05, 0) is 17.9 Å². The number of thiazole rings is 1. The minimum absolute atomic E-state index is 0.0256. The molecule has 0 bridgehead atoms. The highest BCUT2D eigenvalue weighted by Crippen LogP contribution is 2.36. The predicted octanol–water partition coefficient (Wildman–Crippen LogP) is 5.68. The summed E-state index contributed by atoms with van der Waals surface area (Å²) in [6.45, 7) is 0.434. The minimum Gasteiger partial charge on any atom is -0.365 e. The summed E-state index contributed by atoms with van der Waals surface area (Å²) in [5, 5.41) is 3.07. The van der Waals surface area contributed by atoms with Gasteiger partial charge in [0.25, 0.3) is 11.7 Å². The third kappa shape index (κ3) is 6.42. The van der Waals surface area contributed by atoms with Crippen LogP contribution in [0.15, 0.2) is 40.4 Å². The highest BCUT2D eigenvalue weighted by Gasteiger charge is 2.56. The molecule has 0 fully saturated rings. The van der Waals surface area contributed by atoms with Crippen molar-refractivity contribution in [3.63, 3.8) is 0 Å². The van der Waals surface area contributed by atoms with Crippen LogP contribution in [0.1, 0.15) is 11.8 Å². The van der Waals surface area contributed by atoms with Gasteiger partial charge in [-0.2, -0.15) is 13.2 Å². The first-order valence-electron chi connectivity index (χ1n) is 9.54. The largest absolute Gasteiger partial charge is 0.425 e. The predicted molar refractivity (Wildman–Crippen MR) is 118 cm³/mol. The molecule has 3 aromatic rings. The van der Waals surface area contributed by atoms with Crippen molar-refractivity contribution < 1.29 is 26.3 Å². The third-order valence-electron chi connectivity index (χ3n) is 4.29. The van der Waals surface area contributed by atoms with Crippen LogP contribution in [0.25, 0.3) is 11.4 Å². The SMILES string of the molecule is CCSc1ccc(NCc2cnc(Cl)s2)nc1-c1cc(=O)n(CC(F)(F)C(F)C(F)(F)F)cn1. The number of aromatic nitrogens is 4. The number of nitrogens with zero attached hydrogens (tertiary/aromatic N) is 4. The van der Waals surface area contributed by atoms with E-state index in [0.29, 0.717) is 33.8 Å². The fourth-order valence-corrected chi connectivity index (χ4v) is 4.44. The molecule has 1 unspecified atom stereocenters. The molecule has 0 aliphatic rings. The fraction of sp³-hybridized carbons (Fsp3) is 0.368. The summed E-state index contributed by atoms with van der Waals surface area (Å²) in [5.74, 6) is -3.78. The Bertz CT molecular complexity index is 1200. The number of alkyl halides is 6. The van der Waals surface area contributed by atoms with Gasteiger partial charge in [-0.15, -0.1) is 23.1 Å². The number of halogens is 7. The van der Waals surface area contributed by atoms with Crippen molar-refractivity contribution in [3.05, 3.63) is 50.4 Å². The highest BCUT2D eigenvalue weighted by atomic mass is 35.5. The molecule has 0 radical (unpaired) electrons. The quantitative estimate of drug-likeness (QED) is 0.277. The van der Waals surface area contributed by atoms with Crippen LogP contribution < -0.4 is 10.9 Å². The first-order valence-corrected chi connectivity index (χ1v) is 11.7. The molecule has 0 saturated carbocycles. The maximum Gasteiger partial charge on any atom is 0.425 e. The molecule has 0 aromatic carbocycles. The Morgan fingerprint density at radius 1 is 1.24 bits per heavy atom. The number of thioether (sulfide) groups is 1. The first kappa shape index (κ1) is 26.3. The maximum atomic E-state index is 13.7. The molecule has 1 N–H and O–H groups in total. The summed E-state index contributed by atoms with van der Waals surface area (Å²) in [6, 6.07) is 4.30. The Hall–Kier alpha value is -2.32. The summed E-state index contributed by atoms with van der Waals surface area (Å²) in [4.78, 5) is 26.1. The van der Waals surface area contributed by atoms with Crippen LogP contribution in [-0.2, 0) is 13.1 Å². The molecule has 0 aliphatic carbocycles.